The van der Waals surface area contributed by atoms with Crippen LogP contribution in [-0.2, 0) is 5.41 Å². The smallest absolute Gasteiger partial charge is 0.206 e. The maximum absolute atomic E-state index is 14.2. The van der Waals surface area contributed by atoms with Crippen molar-refractivity contribution in [3.8, 4) is 10.6 Å². The molecule has 3 aromatic rings. The number of halogens is 3. The van der Waals surface area contributed by atoms with Crippen molar-refractivity contribution in [2.24, 2.45) is 0 Å². The molecule has 1 aromatic carbocycles. The summed E-state index contributed by atoms with van der Waals surface area (Å²) in [6, 6.07) is 7.47. The molecule has 0 bridgehead atoms. The molecule has 28 heavy (non-hydrogen) atoms. The van der Waals surface area contributed by atoms with Crippen LogP contribution >= 0.6 is 11.3 Å². The highest BCUT2D eigenvalue weighted by atomic mass is 32.1. The molecule has 0 unspecified atom stereocenters. The first-order valence-electron chi connectivity index (χ1n) is 8.75. The summed E-state index contributed by atoms with van der Waals surface area (Å²) < 4.78 is 42.0. The molecular formula is C20H17F3N4S. The normalized spacial score (nSPS) is 21.2. The molecule has 4 rings (SSSR count). The molecule has 2 aromatic heterocycles. The number of alkyl halides is 1. The Bertz CT molecular complexity index is 1010. The van der Waals surface area contributed by atoms with E-state index in [0.717, 1.165) is 5.56 Å². The lowest BCUT2D eigenvalue weighted by molar-refractivity contribution is 0.0965. The second kappa shape index (κ2) is 7.35. The largest absolute Gasteiger partial charge is 0.359 e. The number of hydrogen-bond acceptors (Lipinski definition) is 5. The average Bonchev–Trinajstić information content (AvgIpc) is 3.14. The highest BCUT2D eigenvalue weighted by Crippen LogP contribution is 2.45. The maximum atomic E-state index is 14.2. The van der Waals surface area contributed by atoms with Crippen LogP contribution in [0, 0.1) is 11.6 Å². The van der Waals surface area contributed by atoms with Crippen LogP contribution in [0.2, 0.25) is 0 Å². The van der Waals surface area contributed by atoms with Crippen molar-refractivity contribution in [3.63, 3.8) is 0 Å². The third-order valence-electron chi connectivity index (χ3n) is 4.94. The molecule has 0 radical (unpaired) electrons. The van der Waals surface area contributed by atoms with E-state index in [1.165, 1.54) is 35.7 Å². The average molecular weight is 402 g/mol. The highest BCUT2D eigenvalue weighted by molar-refractivity contribution is 7.18. The maximum Gasteiger partial charge on any atom is 0.206 e. The minimum Gasteiger partial charge on any atom is -0.359 e. The number of pyridine rings is 1. The van der Waals surface area contributed by atoms with Gasteiger partial charge in [0, 0.05) is 23.7 Å². The first-order chi connectivity index (χ1) is 13.5. The lowest BCUT2D eigenvalue weighted by Gasteiger charge is -2.43. The van der Waals surface area contributed by atoms with Gasteiger partial charge in [-0.2, -0.15) is 0 Å². The molecule has 8 heteroatoms. The van der Waals surface area contributed by atoms with E-state index in [-0.39, 0.29) is 25.1 Å². The van der Waals surface area contributed by atoms with Gasteiger partial charge in [0.05, 0.1) is 5.69 Å². The number of anilines is 1. The standard InChI is InChI=1S/C20H17F3N4S/c1-2-12-5-6-15(22)14(8-12)18-26-27-19(28-18)25-11-20(9-13(21)10-20)17-16(23)4-3-7-24-17/h2-8,13H,1,9-11H2,(H,25,27)/t13-,20-. The lowest BCUT2D eigenvalue weighted by atomic mass is 9.65. The predicted octanol–water partition coefficient (Wildman–Crippen LogP) is 5.00. The summed E-state index contributed by atoms with van der Waals surface area (Å²) in [5.74, 6) is -0.850. The monoisotopic (exact) mass is 402 g/mol. The minimum atomic E-state index is -0.982. The van der Waals surface area contributed by atoms with Crippen LogP contribution in [0.4, 0.5) is 18.3 Å². The molecular weight excluding hydrogens is 385 g/mol. The van der Waals surface area contributed by atoms with Gasteiger partial charge in [0.1, 0.15) is 17.8 Å². The van der Waals surface area contributed by atoms with E-state index in [4.69, 9.17) is 0 Å². The summed E-state index contributed by atoms with van der Waals surface area (Å²) in [6.07, 6.45) is 2.53. The predicted molar refractivity (Wildman–Crippen MR) is 104 cm³/mol. The summed E-state index contributed by atoms with van der Waals surface area (Å²) in [4.78, 5) is 4.13. The quantitative estimate of drug-likeness (QED) is 0.630. The van der Waals surface area contributed by atoms with Gasteiger partial charge in [0.25, 0.3) is 0 Å². The molecule has 0 aliphatic heterocycles. The lowest BCUT2D eigenvalue weighted by Crippen LogP contribution is -2.48. The third-order valence-corrected chi connectivity index (χ3v) is 5.86. The van der Waals surface area contributed by atoms with Gasteiger partial charge in [-0.15, -0.1) is 10.2 Å². The van der Waals surface area contributed by atoms with Crippen molar-refractivity contribution < 1.29 is 13.2 Å². The Hall–Kier alpha value is -2.74. The van der Waals surface area contributed by atoms with E-state index < -0.39 is 23.2 Å². The Kier molecular flexibility index (Phi) is 4.89. The zero-order chi connectivity index (χ0) is 19.7. The Morgan fingerprint density at radius 3 is 2.75 bits per heavy atom. The number of rotatable bonds is 6. The van der Waals surface area contributed by atoms with Crippen LogP contribution in [0.25, 0.3) is 16.6 Å². The van der Waals surface area contributed by atoms with Gasteiger partial charge >= 0.3 is 0 Å². The fourth-order valence-electron chi connectivity index (χ4n) is 3.47. The molecule has 0 saturated heterocycles. The van der Waals surface area contributed by atoms with Crippen molar-refractivity contribution in [3.05, 3.63) is 66.0 Å². The SMILES string of the molecule is C=Cc1ccc(F)c(-c2nnc(NC[C@]3(c4ncccc4F)C[C@H](F)C3)s2)c1. The van der Waals surface area contributed by atoms with Crippen LogP contribution in [0.1, 0.15) is 24.1 Å². The summed E-state index contributed by atoms with van der Waals surface area (Å²) in [6.45, 7) is 3.95. The first-order valence-corrected chi connectivity index (χ1v) is 9.57. The number of nitrogens with one attached hydrogen (secondary N) is 1. The van der Waals surface area contributed by atoms with E-state index in [0.29, 0.717) is 15.7 Å². The molecule has 4 nitrogen and oxygen atoms in total. The zero-order valence-electron chi connectivity index (χ0n) is 14.8. The minimum absolute atomic E-state index is 0.190. The Balaban J connectivity index is 1.54. The van der Waals surface area contributed by atoms with Crippen LogP contribution in [0.5, 0.6) is 0 Å². The molecule has 0 amide bonds. The fourth-order valence-corrected chi connectivity index (χ4v) is 4.22. The molecule has 0 atom stereocenters. The van der Waals surface area contributed by atoms with Crippen LogP contribution in [0.3, 0.4) is 0 Å². The van der Waals surface area contributed by atoms with E-state index in [2.05, 4.69) is 27.1 Å². The fraction of sp³-hybridized carbons (Fsp3) is 0.250. The van der Waals surface area contributed by atoms with Crippen LogP contribution < -0.4 is 5.32 Å². The van der Waals surface area contributed by atoms with Gasteiger partial charge in [-0.25, -0.2) is 13.2 Å². The second-order valence-corrected chi connectivity index (χ2v) is 7.81. The molecule has 2 heterocycles. The molecule has 1 fully saturated rings. The number of aromatic nitrogens is 3. The Morgan fingerprint density at radius 1 is 1.21 bits per heavy atom. The Morgan fingerprint density at radius 2 is 2.04 bits per heavy atom. The van der Waals surface area contributed by atoms with Gasteiger partial charge in [0.2, 0.25) is 5.13 Å². The third kappa shape index (κ3) is 3.40. The van der Waals surface area contributed by atoms with Gasteiger partial charge < -0.3 is 5.32 Å². The first kappa shape index (κ1) is 18.6. The van der Waals surface area contributed by atoms with E-state index in [9.17, 15) is 13.2 Å². The topological polar surface area (TPSA) is 50.7 Å². The summed E-state index contributed by atoms with van der Waals surface area (Å²) in [5.41, 5.74) is 0.630. The van der Waals surface area contributed by atoms with Crippen molar-refractivity contribution in [2.45, 2.75) is 24.4 Å². The molecule has 144 valence electrons. The Labute approximate surface area is 164 Å². The highest BCUT2D eigenvalue weighted by Gasteiger charge is 2.48. The van der Waals surface area contributed by atoms with Crippen molar-refractivity contribution in [2.75, 3.05) is 11.9 Å². The van der Waals surface area contributed by atoms with Crippen LogP contribution in [0.15, 0.2) is 43.1 Å². The van der Waals surface area contributed by atoms with E-state index in [1.54, 1.807) is 18.2 Å². The number of hydrogen-bond donors (Lipinski definition) is 1. The van der Waals surface area contributed by atoms with Crippen molar-refractivity contribution in [1.29, 1.82) is 0 Å². The van der Waals surface area contributed by atoms with Crippen molar-refractivity contribution >= 4 is 22.5 Å². The number of nitrogens with zero attached hydrogens (tertiary/aromatic N) is 3. The molecule has 1 aliphatic rings. The number of benzene rings is 1. The van der Waals surface area contributed by atoms with Gasteiger partial charge in [-0.3, -0.25) is 4.98 Å². The summed E-state index contributed by atoms with van der Waals surface area (Å²) >= 11 is 1.18. The van der Waals surface area contributed by atoms with Gasteiger partial charge in [-0.05, 0) is 42.7 Å². The summed E-state index contributed by atoms with van der Waals surface area (Å²) in [7, 11) is 0. The molecule has 1 N–H and O–H groups in total. The van der Waals surface area contributed by atoms with E-state index in [1.807, 2.05) is 0 Å². The second-order valence-electron chi connectivity index (χ2n) is 6.83. The molecule has 0 spiro atoms. The van der Waals surface area contributed by atoms with Crippen molar-refractivity contribution in [1.82, 2.24) is 15.2 Å². The van der Waals surface area contributed by atoms with Crippen LogP contribution in [-0.4, -0.2) is 27.9 Å². The van der Waals surface area contributed by atoms with E-state index >= 15 is 0 Å². The summed E-state index contributed by atoms with van der Waals surface area (Å²) in [5, 5.41) is 12.1. The molecule has 1 aliphatic carbocycles. The van der Waals surface area contributed by atoms with Gasteiger partial charge in [-0.1, -0.05) is 30.1 Å². The zero-order valence-corrected chi connectivity index (χ0v) is 15.6. The molecule has 1 saturated carbocycles. The van der Waals surface area contributed by atoms with Gasteiger partial charge in [0.15, 0.2) is 5.01 Å².